The lowest BCUT2D eigenvalue weighted by atomic mass is 10.0. The Kier molecular flexibility index (Phi) is 6.65. The maximum absolute atomic E-state index is 12.6. The van der Waals surface area contributed by atoms with Crippen molar-refractivity contribution in [3.8, 4) is 17.2 Å². The number of halogens is 1. The quantitative estimate of drug-likeness (QED) is 0.743. The van der Waals surface area contributed by atoms with Gasteiger partial charge in [-0.3, -0.25) is 4.79 Å². The fraction of sp³-hybridized carbons (Fsp3) is 0.381. The number of likely N-dealkylation sites (tertiary alicyclic amines) is 1. The zero-order valence-corrected chi connectivity index (χ0v) is 17.1. The first-order chi connectivity index (χ1) is 13.5. The number of carbonyl (C=O) groups is 1. The Balaban J connectivity index is 1.71. The number of benzene rings is 2. The average molecular weight is 406 g/mol. The number of carbonyl (C=O) groups excluding carboxylic acids is 1. The summed E-state index contributed by atoms with van der Waals surface area (Å²) >= 11 is 6.14. The molecule has 1 amide bonds. The summed E-state index contributed by atoms with van der Waals surface area (Å²) in [5.74, 6) is 2.15. The third kappa shape index (κ3) is 4.51. The Morgan fingerprint density at radius 1 is 1.11 bits per heavy atom. The standard InChI is InChI=1S/C21H25ClN2O4/c1-26-15-7-9-19(27-2)16(12-15)18-5-4-10-24(18)13-21(25)23-14-6-8-20(28-3)17(22)11-14/h6-9,11-12,18H,4-5,10,13H2,1-3H3,(H,23,25)/p+1/t18-/m0/s1. The first-order valence-corrected chi connectivity index (χ1v) is 9.63. The van der Waals surface area contributed by atoms with Crippen molar-refractivity contribution in [2.24, 2.45) is 0 Å². The van der Waals surface area contributed by atoms with Gasteiger partial charge in [0.2, 0.25) is 0 Å². The number of ether oxygens (including phenoxy) is 3. The molecule has 1 saturated heterocycles. The Hall–Kier alpha value is -2.44. The van der Waals surface area contributed by atoms with Crippen molar-refractivity contribution in [1.82, 2.24) is 0 Å². The lowest BCUT2D eigenvalue weighted by Gasteiger charge is -2.23. The van der Waals surface area contributed by atoms with E-state index in [-0.39, 0.29) is 11.9 Å². The Morgan fingerprint density at radius 3 is 2.54 bits per heavy atom. The molecule has 3 rings (SSSR count). The number of quaternary nitrogens is 1. The van der Waals surface area contributed by atoms with Gasteiger partial charge < -0.3 is 24.4 Å². The Bertz CT molecular complexity index is 843. The maximum atomic E-state index is 12.6. The predicted molar refractivity (Wildman–Crippen MR) is 109 cm³/mol. The summed E-state index contributed by atoms with van der Waals surface area (Å²) in [6, 6.07) is 11.2. The van der Waals surface area contributed by atoms with Crippen molar-refractivity contribution in [3.05, 3.63) is 47.0 Å². The zero-order chi connectivity index (χ0) is 20.1. The summed E-state index contributed by atoms with van der Waals surface area (Å²) in [5.41, 5.74) is 1.74. The van der Waals surface area contributed by atoms with Gasteiger partial charge in [-0.15, -0.1) is 0 Å². The van der Waals surface area contributed by atoms with Crippen molar-refractivity contribution >= 4 is 23.2 Å². The van der Waals surface area contributed by atoms with E-state index in [9.17, 15) is 4.79 Å². The van der Waals surface area contributed by atoms with Crippen LogP contribution in [0.15, 0.2) is 36.4 Å². The van der Waals surface area contributed by atoms with E-state index in [0.717, 1.165) is 36.4 Å². The highest BCUT2D eigenvalue weighted by Crippen LogP contribution is 2.32. The molecule has 0 bridgehead atoms. The number of nitrogens with one attached hydrogen (secondary N) is 2. The summed E-state index contributed by atoms with van der Waals surface area (Å²) in [4.78, 5) is 13.8. The van der Waals surface area contributed by atoms with E-state index in [2.05, 4.69) is 5.32 Å². The minimum Gasteiger partial charge on any atom is -0.497 e. The lowest BCUT2D eigenvalue weighted by Crippen LogP contribution is -3.11. The number of anilines is 1. The van der Waals surface area contributed by atoms with Crippen LogP contribution < -0.4 is 24.4 Å². The third-order valence-corrected chi connectivity index (χ3v) is 5.41. The minimum atomic E-state index is -0.0509. The van der Waals surface area contributed by atoms with E-state index < -0.39 is 0 Å². The molecule has 1 aliphatic rings. The lowest BCUT2D eigenvalue weighted by molar-refractivity contribution is -0.910. The molecule has 0 aromatic heterocycles. The smallest absolute Gasteiger partial charge is 0.279 e. The van der Waals surface area contributed by atoms with Crippen molar-refractivity contribution in [2.75, 3.05) is 39.7 Å². The number of hydrogen-bond acceptors (Lipinski definition) is 4. The second kappa shape index (κ2) is 9.17. The first-order valence-electron chi connectivity index (χ1n) is 9.25. The highest BCUT2D eigenvalue weighted by Gasteiger charge is 2.34. The minimum absolute atomic E-state index is 0.0509. The summed E-state index contributed by atoms with van der Waals surface area (Å²) in [6.45, 7) is 1.30. The molecule has 2 N–H and O–H groups in total. The average Bonchev–Trinajstić information content (AvgIpc) is 3.15. The van der Waals surface area contributed by atoms with Gasteiger partial charge in [0.05, 0.1) is 38.5 Å². The summed E-state index contributed by atoms with van der Waals surface area (Å²) in [7, 11) is 4.88. The van der Waals surface area contributed by atoms with Crippen molar-refractivity contribution < 1.29 is 23.9 Å². The molecular weight excluding hydrogens is 380 g/mol. The van der Waals surface area contributed by atoms with Crippen LogP contribution in [0.4, 0.5) is 5.69 Å². The van der Waals surface area contributed by atoms with E-state index in [0.29, 0.717) is 23.0 Å². The van der Waals surface area contributed by atoms with Crippen molar-refractivity contribution in [2.45, 2.75) is 18.9 Å². The normalized spacial score (nSPS) is 18.6. The van der Waals surface area contributed by atoms with Gasteiger partial charge in [0, 0.05) is 18.5 Å². The van der Waals surface area contributed by atoms with Gasteiger partial charge in [0.15, 0.2) is 6.54 Å². The van der Waals surface area contributed by atoms with Gasteiger partial charge in [0.1, 0.15) is 23.3 Å². The van der Waals surface area contributed by atoms with Crippen LogP contribution >= 0.6 is 11.6 Å². The van der Waals surface area contributed by atoms with Gasteiger partial charge in [-0.05, 0) is 36.4 Å². The van der Waals surface area contributed by atoms with Crippen LogP contribution in [-0.2, 0) is 4.79 Å². The summed E-state index contributed by atoms with van der Waals surface area (Å²) < 4.78 is 16.1. The van der Waals surface area contributed by atoms with E-state index in [4.69, 9.17) is 25.8 Å². The van der Waals surface area contributed by atoms with Crippen LogP contribution in [0.1, 0.15) is 24.4 Å². The second-order valence-corrected chi connectivity index (χ2v) is 7.19. The SMILES string of the molecule is COc1ccc(OC)c([C@@H]2CCC[NH+]2CC(=O)Nc2ccc(OC)c(Cl)c2)c1. The molecular formula is C21H26ClN2O4+. The van der Waals surface area contributed by atoms with E-state index >= 15 is 0 Å². The topological polar surface area (TPSA) is 61.2 Å². The van der Waals surface area contributed by atoms with E-state index in [1.54, 1.807) is 39.5 Å². The summed E-state index contributed by atoms with van der Waals surface area (Å²) in [5, 5.41) is 3.39. The fourth-order valence-corrected chi connectivity index (χ4v) is 4.02. The molecule has 1 heterocycles. The molecule has 1 unspecified atom stereocenters. The monoisotopic (exact) mass is 405 g/mol. The van der Waals surface area contributed by atoms with Gasteiger partial charge >= 0.3 is 0 Å². The molecule has 2 aromatic rings. The van der Waals surface area contributed by atoms with Gasteiger partial charge in [-0.2, -0.15) is 0 Å². The highest BCUT2D eigenvalue weighted by atomic mass is 35.5. The van der Waals surface area contributed by atoms with E-state index in [1.807, 2.05) is 18.2 Å². The molecule has 0 spiro atoms. The molecule has 2 atom stereocenters. The van der Waals surface area contributed by atoms with Crippen LogP contribution in [0.3, 0.4) is 0 Å². The van der Waals surface area contributed by atoms with E-state index in [1.165, 1.54) is 4.90 Å². The highest BCUT2D eigenvalue weighted by molar-refractivity contribution is 6.32. The van der Waals surface area contributed by atoms with Crippen LogP contribution in [0.25, 0.3) is 0 Å². The van der Waals surface area contributed by atoms with Crippen LogP contribution in [-0.4, -0.2) is 40.3 Å². The largest absolute Gasteiger partial charge is 0.497 e. The zero-order valence-electron chi connectivity index (χ0n) is 16.4. The van der Waals surface area contributed by atoms with Crippen LogP contribution in [0, 0.1) is 0 Å². The maximum Gasteiger partial charge on any atom is 0.279 e. The molecule has 0 aliphatic carbocycles. The second-order valence-electron chi connectivity index (χ2n) is 6.79. The first kappa shape index (κ1) is 20.3. The van der Waals surface area contributed by atoms with Gasteiger partial charge in [-0.25, -0.2) is 0 Å². The molecule has 28 heavy (non-hydrogen) atoms. The molecule has 6 nitrogen and oxygen atoms in total. The molecule has 7 heteroatoms. The predicted octanol–water partition coefficient (Wildman–Crippen LogP) is 2.72. The number of rotatable bonds is 7. The summed E-state index contributed by atoms with van der Waals surface area (Å²) in [6.07, 6.45) is 2.06. The Labute approximate surface area is 170 Å². The number of amides is 1. The van der Waals surface area contributed by atoms with Crippen LogP contribution in [0.2, 0.25) is 5.02 Å². The number of hydrogen-bond donors (Lipinski definition) is 2. The third-order valence-electron chi connectivity index (χ3n) is 5.12. The van der Waals surface area contributed by atoms with Gasteiger partial charge in [0.25, 0.3) is 5.91 Å². The fourth-order valence-electron chi connectivity index (χ4n) is 3.77. The molecule has 0 radical (unpaired) electrons. The Morgan fingerprint density at radius 2 is 1.86 bits per heavy atom. The van der Waals surface area contributed by atoms with Gasteiger partial charge in [-0.1, -0.05) is 11.6 Å². The molecule has 2 aromatic carbocycles. The number of methoxy groups -OCH3 is 3. The van der Waals surface area contributed by atoms with Crippen LogP contribution in [0.5, 0.6) is 17.2 Å². The van der Waals surface area contributed by atoms with Crippen molar-refractivity contribution in [3.63, 3.8) is 0 Å². The van der Waals surface area contributed by atoms with Crippen molar-refractivity contribution in [1.29, 1.82) is 0 Å². The molecule has 0 saturated carbocycles. The molecule has 1 aliphatic heterocycles. The molecule has 1 fully saturated rings. The molecule has 150 valence electrons.